The van der Waals surface area contributed by atoms with E-state index in [2.05, 4.69) is 19.7 Å². The van der Waals surface area contributed by atoms with Crippen LogP contribution in [0.2, 0.25) is 5.02 Å². The molecule has 6 heteroatoms. The predicted molar refractivity (Wildman–Crippen MR) is 72.1 cm³/mol. The molecule has 0 fully saturated rings. The van der Waals surface area contributed by atoms with Crippen molar-refractivity contribution in [1.29, 1.82) is 0 Å². The Morgan fingerprint density at radius 2 is 2.17 bits per heavy atom. The van der Waals surface area contributed by atoms with Crippen LogP contribution in [-0.4, -0.2) is 21.3 Å². The number of rotatable bonds is 2. The molecule has 0 amide bonds. The molecular weight excluding hydrogens is 271 g/mol. The number of fused-ring (bicyclic) bond motifs is 1. The van der Waals surface area contributed by atoms with Crippen LogP contribution in [0.5, 0.6) is 0 Å². The van der Waals surface area contributed by atoms with Gasteiger partial charge in [-0.1, -0.05) is 17.7 Å². The van der Waals surface area contributed by atoms with Gasteiger partial charge in [-0.05, 0) is 17.7 Å². The molecule has 18 heavy (non-hydrogen) atoms. The molecule has 0 bridgehead atoms. The summed E-state index contributed by atoms with van der Waals surface area (Å²) in [5.74, 6) is 1.45. The van der Waals surface area contributed by atoms with Gasteiger partial charge in [0.05, 0.1) is 17.3 Å². The maximum absolute atomic E-state index is 6.30. The topological polar surface area (TPSA) is 34.0 Å². The third-order valence-corrected chi connectivity index (χ3v) is 3.76. The lowest BCUT2D eigenvalue weighted by Crippen LogP contribution is -2.33. The highest BCUT2D eigenvalue weighted by molar-refractivity contribution is 6.33. The van der Waals surface area contributed by atoms with Gasteiger partial charge < -0.3 is 9.47 Å². The molecule has 0 saturated heterocycles. The first kappa shape index (κ1) is 11.8. The molecule has 2 aromatic rings. The highest BCUT2D eigenvalue weighted by Crippen LogP contribution is 2.29. The van der Waals surface area contributed by atoms with E-state index in [-0.39, 0.29) is 0 Å². The summed E-state index contributed by atoms with van der Waals surface area (Å²) in [6, 6.07) is 5.95. The van der Waals surface area contributed by atoms with Gasteiger partial charge in [-0.25, -0.2) is 0 Å². The van der Waals surface area contributed by atoms with Crippen LogP contribution in [0.1, 0.15) is 11.4 Å². The predicted octanol–water partition coefficient (Wildman–Crippen LogP) is 2.69. The Bertz CT molecular complexity index is 567. The monoisotopic (exact) mass is 282 g/mol. The van der Waals surface area contributed by atoms with Gasteiger partial charge >= 0.3 is 0 Å². The van der Waals surface area contributed by atoms with Gasteiger partial charge in [0.25, 0.3) is 0 Å². The number of alkyl halides is 1. The summed E-state index contributed by atoms with van der Waals surface area (Å²) in [7, 11) is 0. The molecule has 0 spiro atoms. The minimum Gasteiger partial charge on any atom is -0.361 e. The lowest BCUT2D eigenvalue weighted by molar-refractivity contribution is 0.560. The third-order valence-electron chi connectivity index (χ3n) is 3.15. The number of aromatic nitrogens is 3. The van der Waals surface area contributed by atoms with Crippen molar-refractivity contribution in [3.63, 3.8) is 0 Å². The summed E-state index contributed by atoms with van der Waals surface area (Å²) < 4.78 is 2.07. The molecule has 0 saturated carbocycles. The van der Waals surface area contributed by atoms with E-state index >= 15 is 0 Å². The van der Waals surface area contributed by atoms with Crippen LogP contribution in [0, 0.1) is 0 Å². The van der Waals surface area contributed by atoms with E-state index in [9.17, 15) is 0 Å². The van der Waals surface area contributed by atoms with E-state index in [1.54, 1.807) is 6.33 Å². The maximum Gasteiger partial charge on any atom is 0.152 e. The summed E-state index contributed by atoms with van der Waals surface area (Å²) in [6.45, 7) is 2.53. The van der Waals surface area contributed by atoms with Crippen molar-refractivity contribution in [2.45, 2.75) is 19.0 Å². The Hall–Kier alpha value is -1.26. The molecule has 0 radical (unpaired) electrons. The van der Waals surface area contributed by atoms with E-state index in [4.69, 9.17) is 23.2 Å². The van der Waals surface area contributed by atoms with E-state index in [0.717, 1.165) is 41.7 Å². The van der Waals surface area contributed by atoms with Crippen LogP contribution < -0.4 is 4.90 Å². The summed E-state index contributed by atoms with van der Waals surface area (Å²) >= 11 is 12.1. The first-order chi connectivity index (χ1) is 8.78. The number of anilines is 1. The van der Waals surface area contributed by atoms with Crippen LogP contribution >= 0.6 is 23.2 Å². The van der Waals surface area contributed by atoms with Crippen LogP contribution in [0.25, 0.3) is 0 Å². The molecule has 1 aromatic carbocycles. The van der Waals surface area contributed by atoms with Crippen molar-refractivity contribution >= 4 is 28.9 Å². The fourth-order valence-electron chi connectivity index (χ4n) is 2.16. The van der Waals surface area contributed by atoms with Gasteiger partial charge in [-0.2, -0.15) is 0 Å². The van der Waals surface area contributed by atoms with Crippen molar-refractivity contribution in [1.82, 2.24) is 14.8 Å². The number of benzene rings is 1. The Balaban J connectivity index is 1.88. The Morgan fingerprint density at radius 1 is 1.28 bits per heavy atom. The van der Waals surface area contributed by atoms with Crippen LogP contribution in [-0.2, 0) is 19.0 Å². The standard InChI is InChI=1S/C12H12Cl2N4/c13-6-9-1-2-11(10(14)5-9)17-3-4-18-8-15-16-12(18)7-17/h1-2,5,8H,3-4,6-7H2. The molecule has 94 valence electrons. The first-order valence-electron chi connectivity index (χ1n) is 5.74. The van der Waals surface area contributed by atoms with E-state index < -0.39 is 0 Å². The molecule has 0 unspecified atom stereocenters. The van der Waals surface area contributed by atoms with Gasteiger partial charge in [-0.3, -0.25) is 0 Å². The van der Waals surface area contributed by atoms with Crippen LogP contribution in [0.3, 0.4) is 0 Å². The van der Waals surface area contributed by atoms with E-state index in [1.807, 2.05) is 18.2 Å². The largest absolute Gasteiger partial charge is 0.361 e. The van der Waals surface area contributed by atoms with Crippen molar-refractivity contribution in [3.8, 4) is 0 Å². The fourth-order valence-corrected chi connectivity index (χ4v) is 2.65. The van der Waals surface area contributed by atoms with Gasteiger partial charge in [-0.15, -0.1) is 21.8 Å². The zero-order chi connectivity index (χ0) is 12.5. The minimum absolute atomic E-state index is 0.480. The fraction of sp³-hybridized carbons (Fsp3) is 0.333. The van der Waals surface area contributed by atoms with Gasteiger partial charge in [0, 0.05) is 19.0 Å². The molecule has 1 aliphatic rings. The Labute approximate surface area is 115 Å². The normalized spacial score (nSPS) is 14.7. The minimum atomic E-state index is 0.480. The van der Waals surface area contributed by atoms with E-state index in [0.29, 0.717) is 5.88 Å². The molecule has 1 aliphatic heterocycles. The molecule has 0 aliphatic carbocycles. The first-order valence-corrected chi connectivity index (χ1v) is 6.65. The van der Waals surface area contributed by atoms with Gasteiger partial charge in [0.2, 0.25) is 0 Å². The number of halogens is 2. The second-order valence-electron chi connectivity index (χ2n) is 4.28. The SMILES string of the molecule is ClCc1ccc(N2CCn3cnnc3C2)c(Cl)c1. The summed E-state index contributed by atoms with van der Waals surface area (Å²) in [5.41, 5.74) is 2.06. The quantitative estimate of drug-likeness (QED) is 0.795. The second-order valence-corrected chi connectivity index (χ2v) is 4.96. The summed E-state index contributed by atoms with van der Waals surface area (Å²) in [5, 5.41) is 8.76. The highest BCUT2D eigenvalue weighted by Gasteiger charge is 2.19. The molecule has 0 N–H and O–H groups in total. The average molecular weight is 283 g/mol. The number of hydrogen-bond donors (Lipinski definition) is 0. The molecule has 0 atom stereocenters. The molecule has 4 nitrogen and oxygen atoms in total. The highest BCUT2D eigenvalue weighted by atomic mass is 35.5. The van der Waals surface area contributed by atoms with Crippen molar-refractivity contribution in [3.05, 3.63) is 40.9 Å². The molecular formula is C12H12Cl2N4. The van der Waals surface area contributed by atoms with Crippen molar-refractivity contribution in [2.75, 3.05) is 11.4 Å². The summed E-state index contributed by atoms with van der Waals surface area (Å²) in [4.78, 5) is 2.21. The van der Waals surface area contributed by atoms with Gasteiger partial charge in [0.1, 0.15) is 6.33 Å². The number of nitrogens with zero attached hydrogens (tertiary/aromatic N) is 4. The van der Waals surface area contributed by atoms with E-state index in [1.165, 1.54) is 0 Å². The lowest BCUT2D eigenvalue weighted by atomic mass is 10.2. The Morgan fingerprint density at radius 3 is 2.94 bits per heavy atom. The Kier molecular flexibility index (Phi) is 3.14. The second kappa shape index (κ2) is 4.78. The average Bonchev–Trinajstić information content (AvgIpc) is 2.85. The molecule has 3 rings (SSSR count). The lowest BCUT2D eigenvalue weighted by Gasteiger charge is -2.29. The zero-order valence-corrected chi connectivity index (χ0v) is 11.2. The molecule has 2 heterocycles. The van der Waals surface area contributed by atoms with Crippen LogP contribution in [0.4, 0.5) is 5.69 Å². The third kappa shape index (κ3) is 2.06. The van der Waals surface area contributed by atoms with Crippen LogP contribution in [0.15, 0.2) is 24.5 Å². The van der Waals surface area contributed by atoms with Crippen molar-refractivity contribution < 1.29 is 0 Å². The van der Waals surface area contributed by atoms with Gasteiger partial charge in [0.15, 0.2) is 5.82 Å². The number of hydrogen-bond acceptors (Lipinski definition) is 3. The zero-order valence-electron chi connectivity index (χ0n) is 9.68. The van der Waals surface area contributed by atoms with Crippen molar-refractivity contribution in [2.24, 2.45) is 0 Å². The maximum atomic E-state index is 6.30. The smallest absolute Gasteiger partial charge is 0.152 e. The summed E-state index contributed by atoms with van der Waals surface area (Å²) in [6.07, 6.45) is 1.77. The molecule has 1 aromatic heterocycles.